The van der Waals surface area contributed by atoms with Gasteiger partial charge >= 0.3 is 6.18 Å². The van der Waals surface area contributed by atoms with Gasteiger partial charge in [-0.25, -0.2) is 5.43 Å². The summed E-state index contributed by atoms with van der Waals surface area (Å²) in [5.74, 6) is -0.560. The van der Waals surface area contributed by atoms with Crippen LogP contribution in [0.3, 0.4) is 0 Å². The number of nitrogens with zero attached hydrogens (tertiary/aromatic N) is 3. The highest BCUT2D eigenvalue weighted by Crippen LogP contribution is 2.36. The molecule has 0 atom stereocenters. The van der Waals surface area contributed by atoms with Gasteiger partial charge in [0.15, 0.2) is 0 Å². The number of aromatic nitrogens is 2. The van der Waals surface area contributed by atoms with E-state index in [2.05, 4.69) is 21.2 Å². The van der Waals surface area contributed by atoms with E-state index in [1.165, 1.54) is 19.2 Å². The highest BCUT2D eigenvalue weighted by atomic mass is 19.4. The van der Waals surface area contributed by atoms with Crippen LogP contribution in [0.15, 0.2) is 48.8 Å². The molecule has 12 heteroatoms. The lowest BCUT2D eigenvalue weighted by Gasteiger charge is -2.23. The average Bonchev–Trinajstić information content (AvgIpc) is 3.21. The Balaban J connectivity index is 1.87. The molecule has 0 spiro atoms. The number of halogens is 3. The molecule has 5 N–H and O–H groups in total. The Kier molecular flexibility index (Phi) is 9.02. The van der Waals surface area contributed by atoms with E-state index in [1.807, 2.05) is 20.9 Å². The highest BCUT2D eigenvalue weighted by molar-refractivity contribution is 6.05. The minimum atomic E-state index is -4.61. The third-order valence-corrected chi connectivity index (χ3v) is 5.99. The van der Waals surface area contributed by atoms with Crippen LogP contribution in [0.1, 0.15) is 32.7 Å². The van der Waals surface area contributed by atoms with Crippen LogP contribution in [0, 0.1) is 13.8 Å². The average molecular weight is 532 g/mol. The number of anilines is 3. The van der Waals surface area contributed by atoms with Gasteiger partial charge in [0.05, 0.1) is 29.8 Å². The number of hydrazine groups is 1. The van der Waals surface area contributed by atoms with E-state index in [1.54, 1.807) is 47.3 Å². The van der Waals surface area contributed by atoms with Gasteiger partial charge in [-0.2, -0.15) is 18.3 Å². The van der Waals surface area contributed by atoms with Crippen LogP contribution in [-0.2, 0) is 18.0 Å². The summed E-state index contributed by atoms with van der Waals surface area (Å²) < 4.78 is 47.6. The first-order chi connectivity index (χ1) is 18.0. The number of nitrogens with two attached hydrogens (primary N) is 1. The molecule has 1 heterocycles. The summed E-state index contributed by atoms with van der Waals surface area (Å²) in [7, 11) is 4.98. The largest absolute Gasteiger partial charge is 0.418 e. The molecule has 0 unspecified atom stereocenters. The first-order valence-electron chi connectivity index (χ1n) is 11.7. The van der Waals surface area contributed by atoms with E-state index < -0.39 is 17.6 Å². The van der Waals surface area contributed by atoms with Crippen molar-refractivity contribution in [3.05, 3.63) is 76.7 Å². The smallest absolute Gasteiger partial charge is 0.397 e. The fourth-order valence-corrected chi connectivity index (χ4v) is 3.76. The Morgan fingerprint density at radius 1 is 1.21 bits per heavy atom. The highest BCUT2D eigenvalue weighted by Gasteiger charge is 2.34. The van der Waals surface area contributed by atoms with Gasteiger partial charge in [-0.15, -0.1) is 0 Å². The lowest BCUT2D eigenvalue weighted by molar-refractivity contribution is -0.136. The minimum Gasteiger partial charge on any atom is -0.397 e. The van der Waals surface area contributed by atoms with E-state index in [9.17, 15) is 18.0 Å². The number of methoxy groups -OCH3 is 1. The Labute approximate surface area is 219 Å². The number of rotatable bonds is 10. The number of nitrogens with one attached hydrogen (secondary N) is 3. The second-order valence-corrected chi connectivity index (χ2v) is 8.58. The molecule has 0 aliphatic carbocycles. The van der Waals surface area contributed by atoms with Gasteiger partial charge in [0, 0.05) is 62.1 Å². The first-order valence-corrected chi connectivity index (χ1v) is 11.7. The third kappa shape index (κ3) is 6.64. The molecule has 1 aromatic heterocycles. The van der Waals surface area contributed by atoms with E-state index >= 15 is 0 Å². The monoisotopic (exact) mass is 531 g/mol. The number of carbonyl (C=O) groups excluding carboxylic acids is 1. The molecule has 204 valence electrons. The second-order valence-electron chi connectivity index (χ2n) is 8.58. The van der Waals surface area contributed by atoms with Gasteiger partial charge in [-0.1, -0.05) is 6.07 Å². The number of aryl methyl sites for hydroxylation is 2. The summed E-state index contributed by atoms with van der Waals surface area (Å²) in [6, 6.07) is 8.58. The minimum absolute atomic E-state index is 0.0170. The molecule has 0 saturated heterocycles. The number of hydrogen-bond donors (Lipinski definition) is 4. The van der Waals surface area contributed by atoms with E-state index in [0.29, 0.717) is 11.4 Å². The van der Waals surface area contributed by atoms with Gasteiger partial charge in [-0.05, 0) is 49.7 Å². The molecule has 38 heavy (non-hydrogen) atoms. The molecule has 0 fully saturated rings. The molecular weight excluding hydrogens is 499 g/mol. The van der Waals surface area contributed by atoms with E-state index in [4.69, 9.17) is 10.5 Å². The first kappa shape index (κ1) is 28.5. The lowest BCUT2D eigenvalue weighted by Crippen LogP contribution is -2.31. The van der Waals surface area contributed by atoms with Crippen molar-refractivity contribution in [2.24, 2.45) is 12.8 Å². The Morgan fingerprint density at radius 3 is 2.55 bits per heavy atom. The third-order valence-electron chi connectivity index (χ3n) is 5.99. The molecule has 1 amide bonds. The zero-order chi connectivity index (χ0) is 28.0. The number of benzene rings is 2. The zero-order valence-electron chi connectivity index (χ0n) is 21.9. The maximum Gasteiger partial charge on any atom is 0.418 e. The fourth-order valence-electron chi connectivity index (χ4n) is 3.76. The summed E-state index contributed by atoms with van der Waals surface area (Å²) in [6.07, 6.45) is -1.27. The number of ether oxygens (including phenoxy) is 1. The summed E-state index contributed by atoms with van der Waals surface area (Å²) in [4.78, 5) is 13.0. The number of amides is 1. The van der Waals surface area contributed by atoms with Gasteiger partial charge in [0.1, 0.15) is 0 Å². The summed E-state index contributed by atoms with van der Waals surface area (Å²) in [5, 5.41) is 11.1. The molecule has 0 aliphatic heterocycles. The van der Waals surface area contributed by atoms with Crippen molar-refractivity contribution in [3.63, 3.8) is 0 Å². The quantitative estimate of drug-likeness (QED) is 0.229. The van der Waals surface area contributed by atoms with Crippen molar-refractivity contribution in [3.8, 4) is 0 Å². The summed E-state index contributed by atoms with van der Waals surface area (Å²) in [5.41, 5.74) is 12.2. The molecule has 3 aromatic rings. The summed E-state index contributed by atoms with van der Waals surface area (Å²) in [6.45, 7) is 4.22. The standard InChI is InChI=1S/C26H32F3N7O2/c1-16-6-7-18(12-24(16)36(31-3)15-22(30)20-14-33-35(4)17(20)2)25(37)34-19-8-9-23(32-10-11-38-5)21(13-19)26(27,28)29/h6-9,12-15,31-32H,10-11,30H2,1-5H3,(H,34,37)/b22-15-. The number of carbonyl (C=O) groups is 1. The van der Waals surface area contributed by atoms with Crippen LogP contribution in [0.2, 0.25) is 0 Å². The normalized spacial score (nSPS) is 11.9. The van der Waals surface area contributed by atoms with Crippen molar-refractivity contribution in [1.82, 2.24) is 15.2 Å². The summed E-state index contributed by atoms with van der Waals surface area (Å²) >= 11 is 0. The van der Waals surface area contributed by atoms with Gasteiger partial charge in [0.2, 0.25) is 0 Å². The van der Waals surface area contributed by atoms with E-state index in [0.717, 1.165) is 22.9 Å². The molecule has 9 nitrogen and oxygen atoms in total. The van der Waals surface area contributed by atoms with Crippen molar-refractivity contribution in [2.75, 3.05) is 43.0 Å². The van der Waals surface area contributed by atoms with Gasteiger partial charge in [-0.3, -0.25) is 14.5 Å². The predicted molar refractivity (Wildman–Crippen MR) is 143 cm³/mol. The van der Waals surface area contributed by atoms with Crippen LogP contribution >= 0.6 is 0 Å². The second kappa shape index (κ2) is 12.0. The maximum atomic E-state index is 13.7. The molecule has 0 bridgehead atoms. The van der Waals surface area contributed by atoms with Crippen LogP contribution in [0.25, 0.3) is 5.70 Å². The zero-order valence-corrected chi connectivity index (χ0v) is 21.9. The van der Waals surface area contributed by atoms with Gasteiger partial charge < -0.3 is 21.1 Å². The van der Waals surface area contributed by atoms with Crippen molar-refractivity contribution in [2.45, 2.75) is 20.0 Å². The lowest BCUT2D eigenvalue weighted by atomic mass is 10.1. The Bertz CT molecular complexity index is 1320. The van der Waals surface area contributed by atoms with Crippen molar-refractivity contribution >= 4 is 28.7 Å². The molecule has 2 aromatic carbocycles. The van der Waals surface area contributed by atoms with Crippen LogP contribution in [0.4, 0.5) is 30.2 Å². The van der Waals surface area contributed by atoms with Crippen LogP contribution < -0.4 is 26.8 Å². The Morgan fingerprint density at radius 2 is 1.95 bits per heavy atom. The van der Waals surface area contributed by atoms with Crippen molar-refractivity contribution in [1.29, 1.82) is 0 Å². The predicted octanol–water partition coefficient (Wildman–Crippen LogP) is 4.26. The molecule has 0 aliphatic rings. The molecule has 3 rings (SSSR count). The van der Waals surface area contributed by atoms with Crippen LogP contribution in [0.5, 0.6) is 0 Å². The number of hydrogen-bond acceptors (Lipinski definition) is 7. The van der Waals surface area contributed by atoms with Gasteiger partial charge in [0.25, 0.3) is 5.91 Å². The Hall–Kier alpha value is -4.03. The molecular formula is C26H32F3N7O2. The van der Waals surface area contributed by atoms with E-state index in [-0.39, 0.29) is 30.1 Å². The number of alkyl halides is 3. The van der Waals surface area contributed by atoms with Crippen LogP contribution in [-0.4, -0.2) is 43.0 Å². The fraction of sp³-hybridized carbons (Fsp3) is 0.308. The molecule has 0 saturated carbocycles. The SMILES string of the molecule is CNN(/C=C(\N)c1cnn(C)c1C)c1cc(C(=O)Nc2ccc(NCCOC)c(C(F)(F)F)c2)ccc1C. The maximum absolute atomic E-state index is 13.7. The van der Waals surface area contributed by atoms with Crippen molar-refractivity contribution < 1.29 is 22.7 Å². The topological polar surface area (TPSA) is 109 Å². The molecule has 0 radical (unpaired) electrons.